The number of rotatable bonds is 10. The number of hydrogen-bond acceptors (Lipinski definition) is 11. The van der Waals surface area contributed by atoms with Crippen molar-refractivity contribution in [2.24, 2.45) is 23.5 Å². The van der Waals surface area contributed by atoms with Crippen LogP contribution in [-0.2, 0) is 19.1 Å². The van der Waals surface area contributed by atoms with Crippen molar-refractivity contribution in [2.45, 2.75) is 77.7 Å². The fourth-order valence-corrected chi connectivity index (χ4v) is 11.0. The number of morpholine rings is 2. The van der Waals surface area contributed by atoms with Crippen LogP contribution in [0.3, 0.4) is 0 Å². The normalized spacial score (nSPS) is 22.1. The summed E-state index contributed by atoms with van der Waals surface area (Å²) in [5.74, 6) is 1.67. The van der Waals surface area contributed by atoms with Gasteiger partial charge in [-0.3, -0.25) is 19.4 Å². The maximum atomic E-state index is 12.9. The van der Waals surface area contributed by atoms with Crippen LogP contribution < -0.4 is 36.0 Å². The van der Waals surface area contributed by atoms with E-state index in [4.69, 9.17) is 25.2 Å². The van der Waals surface area contributed by atoms with Crippen molar-refractivity contribution in [3.63, 3.8) is 0 Å². The van der Waals surface area contributed by atoms with E-state index < -0.39 is 49.1 Å². The number of aromatic nitrogens is 2. The zero-order valence-electron chi connectivity index (χ0n) is 44.1. The SMILES string of the molecule is Cc1ccc(NC(=O)N2CC[C@@H](CC(F)(F)F)C2)cc1-c1cc(N2CCOCC2)nc(N2C[C@H](C)CC2=O)c1.Cc1ccc(NC(=O)N2CC[C@@H](CC(F)(F)F)C2)cc1-c1cc(N2CCOCC2)nc(N2C[C@H](N)CC2=O)c1. The van der Waals surface area contributed by atoms with E-state index in [1.54, 1.807) is 21.9 Å². The maximum absolute atomic E-state index is 12.9. The zero-order chi connectivity index (χ0) is 55.5. The van der Waals surface area contributed by atoms with Gasteiger partial charge in [-0.15, -0.1) is 0 Å². The van der Waals surface area contributed by atoms with E-state index in [-0.39, 0.29) is 49.8 Å². The van der Waals surface area contributed by atoms with Gasteiger partial charge in [-0.05, 0) is 126 Å². The van der Waals surface area contributed by atoms with Crippen LogP contribution in [0.4, 0.5) is 70.6 Å². The van der Waals surface area contributed by atoms with Crippen molar-refractivity contribution < 1.29 is 55.0 Å². The molecule has 2 aromatic heterocycles. The predicted molar refractivity (Wildman–Crippen MR) is 285 cm³/mol. The van der Waals surface area contributed by atoms with Crippen molar-refractivity contribution in [1.82, 2.24) is 19.8 Å². The highest BCUT2D eigenvalue weighted by Crippen LogP contribution is 2.38. The Morgan fingerprint density at radius 2 is 1.00 bits per heavy atom. The van der Waals surface area contributed by atoms with Gasteiger partial charge in [-0.2, -0.15) is 26.3 Å². The molecule has 0 unspecified atom stereocenters. The van der Waals surface area contributed by atoms with Crippen molar-refractivity contribution in [3.05, 3.63) is 71.8 Å². The Morgan fingerprint density at radius 3 is 1.38 bits per heavy atom. The number of hydrogen-bond donors (Lipinski definition) is 3. The third kappa shape index (κ3) is 14.1. The second-order valence-corrected chi connectivity index (χ2v) is 21.4. The molecule has 6 saturated heterocycles. The monoisotopic (exact) mass is 1090 g/mol. The summed E-state index contributed by atoms with van der Waals surface area (Å²) in [6, 6.07) is 17.7. The van der Waals surface area contributed by atoms with Gasteiger partial charge in [0.2, 0.25) is 11.8 Å². The van der Waals surface area contributed by atoms with Gasteiger partial charge in [0.25, 0.3) is 0 Å². The van der Waals surface area contributed by atoms with E-state index >= 15 is 0 Å². The first-order valence-corrected chi connectivity index (χ1v) is 26.6. The molecule has 0 radical (unpaired) electrons. The molecule has 6 aliphatic rings. The van der Waals surface area contributed by atoms with Crippen LogP contribution in [0.25, 0.3) is 22.3 Å². The molecule has 2 aromatic carbocycles. The molecule has 17 nitrogen and oxygen atoms in total. The Morgan fingerprint density at radius 1 is 0.590 bits per heavy atom. The molecule has 4 atom stereocenters. The molecule has 23 heteroatoms. The number of aryl methyl sites for hydroxylation is 2. The minimum Gasteiger partial charge on any atom is -0.378 e. The number of urea groups is 2. The average Bonchev–Trinajstić information content (AvgIpc) is 4.24. The lowest BCUT2D eigenvalue weighted by atomic mass is 10.00. The molecule has 6 fully saturated rings. The van der Waals surface area contributed by atoms with Crippen LogP contribution in [0.15, 0.2) is 60.7 Å². The summed E-state index contributed by atoms with van der Waals surface area (Å²) in [5.41, 5.74) is 12.5. The molecular weight excluding hydrogens is 1020 g/mol. The van der Waals surface area contributed by atoms with E-state index in [2.05, 4.69) is 20.4 Å². The summed E-state index contributed by atoms with van der Waals surface area (Å²) >= 11 is 0. The number of nitrogens with one attached hydrogen (secondary N) is 2. The molecule has 6 amide bonds. The summed E-state index contributed by atoms with van der Waals surface area (Å²) < 4.78 is 87.7. The largest absolute Gasteiger partial charge is 0.389 e. The molecule has 6 aliphatic heterocycles. The lowest BCUT2D eigenvalue weighted by molar-refractivity contribution is -0.144. The van der Waals surface area contributed by atoms with Crippen LogP contribution in [0.2, 0.25) is 0 Å². The second-order valence-electron chi connectivity index (χ2n) is 21.4. The maximum Gasteiger partial charge on any atom is 0.389 e. The topological polar surface area (TPSA) is 182 Å². The molecule has 4 aromatic rings. The summed E-state index contributed by atoms with van der Waals surface area (Å²) in [5, 5.41) is 5.71. The fraction of sp³-hybridized carbons (Fsp3) is 0.527. The number of nitrogens with zero attached hydrogens (tertiary/aromatic N) is 8. The number of ether oxygens (including phenoxy) is 2. The lowest BCUT2D eigenvalue weighted by Gasteiger charge is -2.29. The Kier molecular flexibility index (Phi) is 17.0. The lowest BCUT2D eigenvalue weighted by Crippen LogP contribution is -2.37. The second kappa shape index (κ2) is 23.7. The van der Waals surface area contributed by atoms with Crippen molar-refractivity contribution in [1.29, 1.82) is 0 Å². The van der Waals surface area contributed by atoms with E-state index in [9.17, 15) is 45.5 Å². The smallest absolute Gasteiger partial charge is 0.378 e. The number of alkyl halides is 6. The number of pyridine rings is 2. The van der Waals surface area contributed by atoms with Crippen LogP contribution >= 0.6 is 0 Å². The average molecular weight is 1090 g/mol. The number of benzene rings is 2. The highest BCUT2D eigenvalue weighted by molar-refractivity contribution is 5.97. The van der Waals surface area contributed by atoms with Crippen LogP contribution in [0.5, 0.6) is 0 Å². The van der Waals surface area contributed by atoms with Crippen molar-refractivity contribution >= 4 is 58.5 Å². The Hall–Kier alpha value is -6.72. The fourth-order valence-electron chi connectivity index (χ4n) is 11.0. The molecule has 0 aliphatic carbocycles. The molecule has 8 heterocycles. The molecule has 10 rings (SSSR count). The van der Waals surface area contributed by atoms with E-state index in [1.807, 2.05) is 69.3 Å². The highest BCUT2D eigenvalue weighted by atomic mass is 19.4. The van der Waals surface area contributed by atoms with Crippen molar-refractivity contribution in [2.75, 3.05) is 122 Å². The summed E-state index contributed by atoms with van der Waals surface area (Å²) in [4.78, 5) is 71.2. The minimum absolute atomic E-state index is 0.0484. The van der Waals surface area contributed by atoms with Gasteiger partial charge in [0, 0.05) is 109 Å². The van der Waals surface area contributed by atoms with Gasteiger partial charge in [0.05, 0.1) is 26.4 Å². The summed E-state index contributed by atoms with van der Waals surface area (Å²) in [6.07, 6.45) is -8.81. The van der Waals surface area contributed by atoms with Gasteiger partial charge in [0.15, 0.2) is 0 Å². The molecule has 420 valence electrons. The quantitative estimate of drug-likeness (QED) is 0.129. The van der Waals surface area contributed by atoms with E-state index in [1.165, 1.54) is 9.80 Å². The van der Waals surface area contributed by atoms with Gasteiger partial charge < -0.3 is 45.4 Å². The van der Waals surface area contributed by atoms with Crippen LogP contribution in [0.1, 0.15) is 56.6 Å². The third-order valence-corrected chi connectivity index (χ3v) is 15.1. The Bertz CT molecular complexity index is 2650. The number of likely N-dealkylation sites (tertiary alicyclic amines) is 2. The number of nitrogens with two attached hydrogens (primary N) is 1. The van der Waals surface area contributed by atoms with Gasteiger partial charge in [-0.25, -0.2) is 19.6 Å². The zero-order valence-corrected chi connectivity index (χ0v) is 44.1. The van der Waals surface area contributed by atoms with E-state index in [0.717, 1.165) is 45.0 Å². The van der Waals surface area contributed by atoms with Crippen molar-refractivity contribution in [3.8, 4) is 22.3 Å². The number of amides is 6. The molecule has 0 bridgehead atoms. The van der Waals surface area contributed by atoms with Crippen LogP contribution in [0, 0.1) is 31.6 Å². The Labute approximate surface area is 449 Å². The summed E-state index contributed by atoms with van der Waals surface area (Å²) in [7, 11) is 0. The highest BCUT2D eigenvalue weighted by Gasteiger charge is 2.38. The summed E-state index contributed by atoms with van der Waals surface area (Å²) in [6.45, 7) is 12.8. The number of halogens is 6. The first kappa shape index (κ1) is 56.0. The van der Waals surface area contributed by atoms with Crippen LogP contribution in [-0.4, -0.2) is 154 Å². The molecule has 0 saturated carbocycles. The van der Waals surface area contributed by atoms with Gasteiger partial charge in [0.1, 0.15) is 23.3 Å². The standard InChI is InChI=1S/C28H34F3N5O3.C27H33F3N6O3/c1-18-11-26(37)36(16-18)25-13-21(12-24(33-25)34-7-9-39-10-8-34)23-14-22(4-3-19(23)2)32-27(38)35-6-5-20(17-35)15-28(29,30)31;1-17-2-3-21(32-26(38)35-5-4-18(15-35)14-27(28,29)30)13-22(17)19-10-23(34-6-8-39-9-7-34)33-24(11-19)36-16-20(31)12-25(36)37/h3-4,12-14,18,20H,5-11,15-17H2,1-2H3,(H,32,38);2-3,10-11,13,18,20H,4-9,12,14-16,31H2,1H3,(H,32,38)/t2*18-,20+/m10/s1. The molecular formula is C55H67F6N11O6. The minimum atomic E-state index is -4.24. The van der Waals surface area contributed by atoms with Gasteiger partial charge >= 0.3 is 24.4 Å². The number of carbonyl (C=O) groups excluding carboxylic acids is 4. The first-order valence-electron chi connectivity index (χ1n) is 26.6. The molecule has 0 spiro atoms. The number of anilines is 6. The first-order chi connectivity index (χ1) is 37.1. The molecule has 78 heavy (non-hydrogen) atoms. The third-order valence-electron chi connectivity index (χ3n) is 15.1. The van der Waals surface area contributed by atoms with Gasteiger partial charge in [-0.1, -0.05) is 19.1 Å². The Balaban J connectivity index is 0.000000190. The number of carbonyl (C=O) groups is 4. The molecule has 4 N–H and O–H groups in total. The predicted octanol–water partition coefficient (Wildman–Crippen LogP) is 8.84. The van der Waals surface area contributed by atoms with E-state index in [0.29, 0.717) is 115 Å².